The average molecular weight is 241 g/mol. The summed E-state index contributed by atoms with van der Waals surface area (Å²) in [6.45, 7) is 11.8. The van der Waals surface area contributed by atoms with Gasteiger partial charge in [-0.1, -0.05) is 13.8 Å². The maximum Gasteiger partial charge on any atom is 0.0798 e. The molecule has 0 spiro atoms. The molecule has 0 fully saturated rings. The fourth-order valence-electron chi connectivity index (χ4n) is 1.42. The molecule has 1 heterocycles. The molecule has 1 unspecified atom stereocenters. The molecule has 0 radical (unpaired) electrons. The van der Waals surface area contributed by atoms with Crippen LogP contribution in [0.15, 0.2) is 5.51 Å². The summed E-state index contributed by atoms with van der Waals surface area (Å²) in [5.41, 5.74) is 3.06. The summed E-state index contributed by atoms with van der Waals surface area (Å²) in [6, 6.07) is 0.500. The van der Waals surface area contributed by atoms with Crippen LogP contribution >= 0.6 is 11.3 Å². The lowest BCUT2D eigenvalue weighted by Gasteiger charge is -2.15. The van der Waals surface area contributed by atoms with Gasteiger partial charge < -0.3 is 10.6 Å². The number of aromatic nitrogens is 1. The van der Waals surface area contributed by atoms with Crippen molar-refractivity contribution in [2.75, 3.05) is 13.1 Å². The molecule has 3 nitrogen and oxygen atoms in total. The van der Waals surface area contributed by atoms with Crippen LogP contribution in [0.2, 0.25) is 0 Å². The summed E-state index contributed by atoms with van der Waals surface area (Å²) in [5, 5.41) is 6.96. The van der Waals surface area contributed by atoms with E-state index < -0.39 is 0 Å². The molecule has 0 aliphatic rings. The van der Waals surface area contributed by atoms with E-state index in [1.807, 2.05) is 5.51 Å². The molecule has 0 aliphatic heterocycles. The van der Waals surface area contributed by atoms with Gasteiger partial charge in [0.1, 0.15) is 0 Å². The Hall–Kier alpha value is -0.450. The second kappa shape index (κ2) is 6.99. The van der Waals surface area contributed by atoms with E-state index in [1.54, 1.807) is 11.3 Å². The molecule has 4 heteroatoms. The Balaban J connectivity index is 2.15. The van der Waals surface area contributed by atoms with Crippen LogP contribution in [0.3, 0.4) is 0 Å². The fourth-order valence-corrected chi connectivity index (χ4v) is 2.15. The first kappa shape index (κ1) is 13.6. The van der Waals surface area contributed by atoms with E-state index in [-0.39, 0.29) is 0 Å². The second-order valence-corrected chi connectivity index (χ2v) is 5.63. The monoisotopic (exact) mass is 241 g/mol. The zero-order valence-corrected chi connectivity index (χ0v) is 11.5. The van der Waals surface area contributed by atoms with Gasteiger partial charge in [-0.3, -0.25) is 0 Å². The summed E-state index contributed by atoms with van der Waals surface area (Å²) < 4.78 is 0. The Morgan fingerprint density at radius 2 is 2.06 bits per heavy atom. The molecule has 1 aromatic heterocycles. The van der Waals surface area contributed by atoms with E-state index in [2.05, 4.69) is 43.3 Å². The third kappa shape index (κ3) is 5.05. The van der Waals surface area contributed by atoms with Crippen LogP contribution < -0.4 is 10.6 Å². The van der Waals surface area contributed by atoms with Gasteiger partial charge >= 0.3 is 0 Å². The molecule has 92 valence electrons. The lowest BCUT2D eigenvalue weighted by Crippen LogP contribution is -2.37. The predicted octanol–water partition coefficient (Wildman–Crippen LogP) is 2.18. The maximum atomic E-state index is 4.24. The van der Waals surface area contributed by atoms with Gasteiger partial charge in [0.15, 0.2) is 0 Å². The lowest BCUT2D eigenvalue weighted by atomic mass is 10.2. The summed E-state index contributed by atoms with van der Waals surface area (Å²) in [4.78, 5) is 5.59. The number of hydrogen-bond donors (Lipinski definition) is 2. The quantitative estimate of drug-likeness (QED) is 0.768. The first-order valence-electron chi connectivity index (χ1n) is 5.92. The largest absolute Gasteiger partial charge is 0.315 e. The van der Waals surface area contributed by atoms with Crippen molar-refractivity contribution in [2.24, 2.45) is 5.92 Å². The highest BCUT2D eigenvalue weighted by Gasteiger charge is 2.04. The Morgan fingerprint density at radius 1 is 1.31 bits per heavy atom. The summed E-state index contributed by atoms with van der Waals surface area (Å²) in [5.74, 6) is 0.718. The molecule has 1 rings (SSSR count). The SMILES string of the molecule is Cc1ncsc1CNC(C)CNCC(C)C. The predicted molar refractivity (Wildman–Crippen MR) is 70.9 cm³/mol. The molecule has 0 bridgehead atoms. The number of nitrogens with zero attached hydrogens (tertiary/aromatic N) is 1. The van der Waals surface area contributed by atoms with Crippen LogP contribution in [-0.4, -0.2) is 24.1 Å². The third-order valence-corrected chi connectivity index (χ3v) is 3.39. The third-order valence-electron chi connectivity index (χ3n) is 2.46. The molecule has 1 atom stereocenters. The molecular formula is C12H23N3S. The van der Waals surface area contributed by atoms with Crippen molar-refractivity contribution in [3.63, 3.8) is 0 Å². The Labute approximate surface area is 103 Å². The van der Waals surface area contributed by atoms with E-state index in [4.69, 9.17) is 0 Å². The smallest absolute Gasteiger partial charge is 0.0798 e. The van der Waals surface area contributed by atoms with Crippen molar-refractivity contribution in [1.29, 1.82) is 0 Å². The minimum Gasteiger partial charge on any atom is -0.315 e. The topological polar surface area (TPSA) is 37.0 Å². The standard InChI is InChI=1S/C12H23N3S/c1-9(2)5-13-6-10(3)14-7-12-11(4)15-8-16-12/h8-10,13-14H,5-7H2,1-4H3. The van der Waals surface area contributed by atoms with Crippen LogP contribution in [0.5, 0.6) is 0 Å². The zero-order valence-electron chi connectivity index (χ0n) is 10.7. The Morgan fingerprint density at radius 3 is 2.62 bits per heavy atom. The van der Waals surface area contributed by atoms with Gasteiger partial charge in [0, 0.05) is 24.0 Å². The molecule has 0 aromatic carbocycles. The van der Waals surface area contributed by atoms with Crippen LogP contribution in [0.1, 0.15) is 31.3 Å². The Kier molecular flexibility index (Phi) is 5.95. The summed E-state index contributed by atoms with van der Waals surface area (Å²) in [7, 11) is 0. The van der Waals surface area contributed by atoms with Crippen molar-refractivity contribution >= 4 is 11.3 Å². The fraction of sp³-hybridized carbons (Fsp3) is 0.750. The van der Waals surface area contributed by atoms with Gasteiger partial charge in [0.05, 0.1) is 11.2 Å². The van der Waals surface area contributed by atoms with Crippen LogP contribution in [-0.2, 0) is 6.54 Å². The normalized spacial score (nSPS) is 13.3. The summed E-state index contributed by atoms with van der Waals surface area (Å²) in [6.07, 6.45) is 0. The van der Waals surface area contributed by atoms with Crippen LogP contribution in [0.25, 0.3) is 0 Å². The molecule has 0 saturated carbocycles. The number of thiazole rings is 1. The number of aryl methyl sites for hydroxylation is 1. The van der Waals surface area contributed by atoms with E-state index in [9.17, 15) is 0 Å². The molecule has 0 aliphatic carbocycles. The van der Waals surface area contributed by atoms with Gasteiger partial charge in [-0.05, 0) is 26.3 Å². The molecule has 0 saturated heterocycles. The average Bonchev–Trinajstić information content (AvgIpc) is 2.60. The highest BCUT2D eigenvalue weighted by Crippen LogP contribution is 2.11. The van der Waals surface area contributed by atoms with E-state index in [0.717, 1.165) is 31.2 Å². The van der Waals surface area contributed by atoms with Crippen molar-refractivity contribution in [3.8, 4) is 0 Å². The molecule has 1 aromatic rings. The van der Waals surface area contributed by atoms with E-state index in [0.29, 0.717) is 6.04 Å². The number of hydrogen-bond acceptors (Lipinski definition) is 4. The van der Waals surface area contributed by atoms with Gasteiger partial charge in [-0.25, -0.2) is 4.98 Å². The number of nitrogens with one attached hydrogen (secondary N) is 2. The van der Waals surface area contributed by atoms with E-state index in [1.165, 1.54) is 4.88 Å². The van der Waals surface area contributed by atoms with Crippen molar-refractivity contribution < 1.29 is 0 Å². The molecule has 0 amide bonds. The summed E-state index contributed by atoms with van der Waals surface area (Å²) >= 11 is 1.73. The highest BCUT2D eigenvalue weighted by atomic mass is 32.1. The van der Waals surface area contributed by atoms with Crippen molar-refractivity contribution in [1.82, 2.24) is 15.6 Å². The van der Waals surface area contributed by atoms with Gasteiger partial charge in [0.2, 0.25) is 0 Å². The second-order valence-electron chi connectivity index (χ2n) is 4.69. The van der Waals surface area contributed by atoms with E-state index >= 15 is 0 Å². The lowest BCUT2D eigenvalue weighted by molar-refractivity contribution is 0.473. The molecule has 16 heavy (non-hydrogen) atoms. The molecule has 2 N–H and O–H groups in total. The van der Waals surface area contributed by atoms with Gasteiger partial charge in [-0.15, -0.1) is 11.3 Å². The first-order chi connectivity index (χ1) is 7.59. The Bertz CT molecular complexity index is 296. The van der Waals surface area contributed by atoms with Gasteiger partial charge in [0.25, 0.3) is 0 Å². The highest BCUT2D eigenvalue weighted by molar-refractivity contribution is 7.09. The van der Waals surface area contributed by atoms with Crippen molar-refractivity contribution in [3.05, 3.63) is 16.1 Å². The van der Waals surface area contributed by atoms with Gasteiger partial charge in [-0.2, -0.15) is 0 Å². The van der Waals surface area contributed by atoms with Crippen LogP contribution in [0.4, 0.5) is 0 Å². The van der Waals surface area contributed by atoms with Crippen LogP contribution in [0, 0.1) is 12.8 Å². The molecular weight excluding hydrogens is 218 g/mol. The maximum absolute atomic E-state index is 4.24. The minimum absolute atomic E-state index is 0.500. The zero-order chi connectivity index (χ0) is 12.0. The first-order valence-corrected chi connectivity index (χ1v) is 6.80. The number of rotatable bonds is 7. The minimum atomic E-state index is 0.500. The van der Waals surface area contributed by atoms with Crippen molar-refractivity contribution in [2.45, 2.75) is 40.3 Å².